The van der Waals surface area contributed by atoms with E-state index in [0.29, 0.717) is 40.3 Å². The molecule has 0 saturated carbocycles. The maximum Gasteiger partial charge on any atom is 0.232 e. The van der Waals surface area contributed by atoms with Crippen LogP contribution in [-0.4, -0.2) is 23.2 Å². The lowest BCUT2D eigenvalue weighted by Crippen LogP contribution is -2.16. The van der Waals surface area contributed by atoms with Crippen LogP contribution in [0, 0.1) is 17.9 Å². The molecule has 9 heteroatoms. The summed E-state index contributed by atoms with van der Waals surface area (Å²) in [4.78, 5) is 12.7. The molecule has 0 unspecified atom stereocenters. The number of nitrogens with zero attached hydrogens (tertiary/aromatic N) is 4. The predicted octanol–water partition coefficient (Wildman–Crippen LogP) is 6.05. The summed E-state index contributed by atoms with van der Waals surface area (Å²) in [6.45, 7) is 8.79. The molecular weight excluding hydrogens is 450 g/mol. The van der Waals surface area contributed by atoms with Crippen molar-refractivity contribution in [3.8, 4) is 16.6 Å². The van der Waals surface area contributed by atoms with Crippen molar-refractivity contribution in [1.82, 2.24) is 9.97 Å². The van der Waals surface area contributed by atoms with Crippen molar-refractivity contribution in [1.29, 1.82) is 5.26 Å². The average molecular weight is 468 g/mol. The first-order chi connectivity index (χ1) is 15.1. The van der Waals surface area contributed by atoms with E-state index >= 15 is 0 Å². The van der Waals surface area contributed by atoms with E-state index in [-0.39, 0.29) is 11.7 Å². The molecule has 0 radical (unpaired) electrons. The second kappa shape index (κ2) is 9.67. The van der Waals surface area contributed by atoms with Crippen molar-refractivity contribution in [3.05, 3.63) is 62.9 Å². The van der Waals surface area contributed by atoms with E-state index in [9.17, 15) is 5.26 Å². The van der Waals surface area contributed by atoms with Crippen molar-refractivity contribution >= 4 is 46.2 Å². The molecule has 0 atom stereocenters. The third-order valence-electron chi connectivity index (χ3n) is 5.06. The number of anilines is 1. The molecule has 2 aromatic heterocycles. The van der Waals surface area contributed by atoms with E-state index in [4.69, 9.17) is 33.6 Å². The molecule has 31 heavy (non-hydrogen) atoms. The van der Waals surface area contributed by atoms with Gasteiger partial charge in [-0.2, -0.15) is 5.26 Å². The van der Waals surface area contributed by atoms with Gasteiger partial charge in [-0.3, -0.25) is 0 Å². The zero-order valence-electron chi connectivity index (χ0n) is 16.5. The van der Waals surface area contributed by atoms with Gasteiger partial charge in [0, 0.05) is 34.9 Å². The van der Waals surface area contributed by atoms with Gasteiger partial charge in [-0.1, -0.05) is 35.5 Å². The van der Waals surface area contributed by atoms with Crippen LogP contribution >= 0.6 is 34.7 Å². The highest BCUT2D eigenvalue weighted by molar-refractivity contribution is 7.98. The lowest BCUT2D eigenvalue weighted by molar-refractivity contribution is 0.0854. The van der Waals surface area contributed by atoms with Gasteiger partial charge in [-0.25, -0.2) is 14.8 Å². The van der Waals surface area contributed by atoms with Crippen molar-refractivity contribution in [2.75, 3.05) is 18.9 Å². The monoisotopic (exact) mass is 467 g/mol. The van der Waals surface area contributed by atoms with Crippen LogP contribution in [0.25, 0.3) is 15.4 Å². The molecule has 1 aliphatic rings. The number of pyridine rings is 1. The first kappa shape index (κ1) is 21.6. The third kappa shape index (κ3) is 4.68. The standard InChI is InChI=1S/C22H18ClN5OS2/c1-26-19-18(13-6-8-29-9-7-13)17(10-24)22(28-20(19)25)31-12-16-11-30-21(27-16)14-2-4-15(23)5-3-14/h2-5,11,13H,6-9,12H2,(H2,25,28). The second-order valence-electron chi connectivity index (χ2n) is 6.99. The third-order valence-corrected chi connectivity index (χ3v) is 7.26. The number of thiazole rings is 1. The number of nitriles is 1. The molecular formula is C22H18ClN5OS2. The fourth-order valence-corrected chi connectivity index (χ4v) is 5.50. The quantitative estimate of drug-likeness (QED) is 0.363. The first-order valence-electron chi connectivity index (χ1n) is 9.62. The zero-order valence-corrected chi connectivity index (χ0v) is 18.9. The molecule has 0 amide bonds. The molecule has 156 valence electrons. The predicted molar refractivity (Wildman–Crippen MR) is 125 cm³/mol. The first-order valence-corrected chi connectivity index (χ1v) is 11.9. The molecule has 1 aliphatic heterocycles. The Morgan fingerprint density at radius 1 is 1.29 bits per heavy atom. The minimum atomic E-state index is 0.0768. The van der Waals surface area contributed by atoms with Crippen molar-refractivity contribution < 1.29 is 4.74 Å². The van der Waals surface area contributed by atoms with Crippen LogP contribution in [0.1, 0.15) is 35.6 Å². The van der Waals surface area contributed by atoms with Gasteiger partial charge in [0.05, 0.1) is 17.8 Å². The van der Waals surface area contributed by atoms with Gasteiger partial charge >= 0.3 is 0 Å². The summed E-state index contributed by atoms with van der Waals surface area (Å²) in [5.74, 6) is 0.807. The maximum atomic E-state index is 9.91. The summed E-state index contributed by atoms with van der Waals surface area (Å²) >= 11 is 8.94. The van der Waals surface area contributed by atoms with E-state index in [1.165, 1.54) is 11.8 Å². The summed E-state index contributed by atoms with van der Waals surface area (Å²) in [5.41, 5.74) is 9.49. The van der Waals surface area contributed by atoms with Gasteiger partial charge in [0.15, 0.2) is 0 Å². The Bertz CT molecular complexity index is 1170. The van der Waals surface area contributed by atoms with Gasteiger partial charge in [0.25, 0.3) is 0 Å². The lowest BCUT2D eigenvalue weighted by atomic mass is 9.88. The molecule has 3 aromatic rings. The van der Waals surface area contributed by atoms with Crippen LogP contribution in [0.15, 0.2) is 34.7 Å². The van der Waals surface area contributed by atoms with E-state index in [0.717, 1.165) is 34.7 Å². The number of halogens is 1. The molecule has 2 N–H and O–H groups in total. The van der Waals surface area contributed by atoms with E-state index < -0.39 is 0 Å². The Balaban J connectivity index is 1.60. The number of hydrogen-bond donors (Lipinski definition) is 1. The normalized spacial score (nSPS) is 14.2. The number of rotatable bonds is 5. The average Bonchev–Trinajstić information content (AvgIpc) is 3.27. The number of nitrogen functional groups attached to an aromatic ring is 1. The fraction of sp³-hybridized carbons (Fsp3) is 0.273. The molecule has 6 nitrogen and oxygen atoms in total. The van der Waals surface area contributed by atoms with Crippen LogP contribution in [0.4, 0.5) is 11.5 Å². The van der Waals surface area contributed by atoms with Gasteiger partial charge in [0.1, 0.15) is 21.9 Å². The van der Waals surface area contributed by atoms with E-state index in [2.05, 4.69) is 15.9 Å². The summed E-state index contributed by atoms with van der Waals surface area (Å²) in [6, 6.07) is 9.85. The second-order valence-corrected chi connectivity index (χ2v) is 9.25. The minimum absolute atomic E-state index is 0.0768. The van der Waals surface area contributed by atoms with Gasteiger partial charge in [-0.05, 0) is 36.5 Å². The Hall–Kier alpha value is -2.62. The van der Waals surface area contributed by atoms with Crippen molar-refractivity contribution in [2.24, 2.45) is 0 Å². The Labute approximate surface area is 193 Å². The van der Waals surface area contributed by atoms with Gasteiger partial charge < -0.3 is 10.5 Å². The summed E-state index contributed by atoms with van der Waals surface area (Å²) in [5, 5.41) is 14.1. The fourth-order valence-electron chi connectivity index (χ4n) is 3.54. The van der Waals surface area contributed by atoms with Crippen LogP contribution in [-0.2, 0) is 10.5 Å². The highest BCUT2D eigenvalue weighted by Crippen LogP contribution is 2.42. The van der Waals surface area contributed by atoms with Gasteiger partial charge in [-0.15, -0.1) is 11.3 Å². The lowest BCUT2D eigenvalue weighted by Gasteiger charge is -2.25. The number of benzene rings is 1. The number of thioether (sulfide) groups is 1. The van der Waals surface area contributed by atoms with Crippen LogP contribution in [0.2, 0.25) is 5.02 Å². The van der Waals surface area contributed by atoms with Crippen molar-refractivity contribution in [2.45, 2.75) is 29.5 Å². The highest BCUT2D eigenvalue weighted by atomic mass is 35.5. The molecule has 4 rings (SSSR count). The number of hydrogen-bond acceptors (Lipinski definition) is 7. The van der Waals surface area contributed by atoms with Crippen molar-refractivity contribution in [3.63, 3.8) is 0 Å². The highest BCUT2D eigenvalue weighted by Gasteiger charge is 2.27. The summed E-state index contributed by atoms with van der Waals surface area (Å²) in [6.07, 6.45) is 1.53. The van der Waals surface area contributed by atoms with E-state index in [1.807, 2.05) is 29.6 Å². The zero-order chi connectivity index (χ0) is 21.8. The van der Waals surface area contributed by atoms with Crippen LogP contribution < -0.4 is 5.73 Å². The Morgan fingerprint density at radius 3 is 2.71 bits per heavy atom. The molecule has 0 spiro atoms. The number of nitrogens with two attached hydrogens (primary N) is 1. The van der Waals surface area contributed by atoms with Crippen LogP contribution in [0.5, 0.6) is 0 Å². The number of aromatic nitrogens is 2. The van der Waals surface area contributed by atoms with Crippen LogP contribution in [0.3, 0.4) is 0 Å². The van der Waals surface area contributed by atoms with E-state index in [1.54, 1.807) is 11.3 Å². The molecule has 1 aromatic carbocycles. The maximum absolute atomic E-state index is 9.91. The summed E-state index contributed by atoms with van der Waals surface area (Å²) in [7, 11) is 0. The Kier molecular flexibility index (Phi) is 6.74. The molecule has 3 heterocycles. The topological polar surface area (TPSA) is 89.2 Å². The van der Waals surface area contributed by atoms with Gasteiger partial charge in [0.2, 0.25) is 5.69 Å². The number of ether oxygens (including phenoxy) is 1. The molecule has 1 fully saturated rings. The molecule has 0 aliphatic carbocycles. The molecule has 0 bridgehead atoms. The smallest absolute Gasteiger partial charge is 0.232 e. The summed E-state index contributed by atoms with van der Waals surface area (Å²) < 4.78 is 5.45. The Morgan fingerprint density at radius 2 is 2.03 bits per heavy atom. The SMILES string of the molecule is [C-]#[N+]c1c(N)nc(SCc2csc(-c3ccc(Cl)cc3)n2)c(C#N)c1C1CCOCC1. The molecule has 1 saturated heterocycles. The minimum Gasteiger partial charge on any atom is -0.392 e. The largest absolute Gasteiger partial charge is 0.392 e.